The molecule has 0 spiro atoms. The third-order valence-corrected chi connectivity index (χ3v) is 6.43. The molecule has 1 saturated heterocycles. The van der Waals surface area contributed by atoms with Crippen LogP contribution in [-0.2, 0) is 16.1 Å². The SMILES string of the molecule is CC1(C)SC(=S)N(Cc2ccc(Cl)cc2)C(=O)C1NC(=O)C=Cc1ccccc1. The van der Waals surface area contributed by atoms with E-state index >= 15 is 0 Å². The average molecular weight is 445 g/mol. The molecule has 1 fully saturated rings. The second-order valence-corrected chi connectivity index (χ2v) is 9.93. The predicted octanol–water partition coefficient (Wildman–Crippen LogP) is 4.68. The van der Waals surface area contributed by atoms with Gasteiger partial charge in [-0.2, -0.15) is 0 Å². The molecule has 29 heavy (non-hydrogen) atoms. The van der Waals surface area contributed by atoms with E-state index in [-0.39, 0.29) is 11.8 Å². The number of halogens is 1. The summed E-state index contributed by atoms with van der Waals surface area (Å²) in [5, 5.41) is 3.49. The molecule has 1 atom stereocenters. The molecule has 7 heteroatoms. The van der Waals surface area contributed by atoms with Gasteiger partial charge >= 0.3 is 0 Å². The number of benzene rings is 2. The van der Waals surface area contributed by atoms with Crippen molar-refractivity contribution in [1.29, 1.82) is 0 Å². The maximum Gasteiger partial charge on any atom is 0.252 e. The molecule has 1 aliphatic heterocycles. The van der Waals surface area contributed by atoms with Crippen LogP contribution in [0.2, 0.25) is 5.02 Å². The van der Waals surface area contributed by atoms with Gasteiger partial charge in [0.15, 0.2) is 0 Å². The maximum atomic E-state index is 13.2. The van der Waals surface area contributed by atoms with Crippen molar-refractivity contribution < 1.29 is 9.59 Å². The summed E-state index contributed by atoms with van der Waals surface area (Å²) in [6.07, 6.45) is 3.17. The number of nitrogens with one attached hydrogen (secondary N) is 1. The molecular formula is C22H21ClN2O2S2. The van der Waals surface area contributed by atoms with Crippen molar-refractivity contribution in [3.05, 3.63) is 76.8 Å². The molecule has 1 aliphatic rings. The minimum Gasteiger partial charge on any atom is -0.339 e. The second-order valence-electron chi connectivity index (χ2n) is 7.21. The summed E-state index contributed by atoms with van der Waals surface area (Å²) in [5.41, 5.74) is 1.83. The smallest absolute Gasteiger partial charge is 0.252 e. The van der Waals surface area contributed by atoms with E-state index in [0.717, 1.165) is 11.1 Å². The van der Waals surface area contributed by atoms with E-state index in [0.29, 0.717) is 15.9 Å². The Kier molecular flexibility index (Phi) is 6.77. The van der Waals surface area contributed by atoms with Gasteiger partial charge in [0, 0.05) is 15.8 Å². The quantitative estimate of drug-likeness (QED) is 0.537. The monoisotopic (exact) mass is 444 g/mol. The van der Waals surface area contributed by atoms with Gasteiger partial charge in [-0.1, -0.05) is 78.0 Å². The van der Waals surface area contributed by atoms with Crippen LogP contribution in [0.25, 0.3) is 6.08 Å². The summed E-state index contributed by atoms with van der Waals surface area (Å²) in [5.74, 6) is -0.532. The average Bonchev–Trinajstić information content (AvgIpc) is 2.69. The molecule has 150 valence electrons. The Hall–Kier alpha value is -2.15. The number of amides is 2. The van der Waals surface area contributed by atoms with E-state index in [2.05, 4.69) is 5.32 Å². The van der Waals surface area contributed by atoms with E-state index in [1.807, 2.05) is 56.3 Å². The van der Waals surface area contributed by atoms with Gasteiger partial charge in [0.2, 0.25) is 5.91 Å². The molecule has 4 nitrogen and oxygen atoms in total. The molecule has 1 heterocycles. The first-order chi connectivity index (χ1) is 13.8. The van der Waals surface area contributed by atoms with Crippen LogP contribution in [0.1, 0.15) is 25.0 Å². The van der Waals surface area contributed by atoms with Crippen molar-refractivity contribution in [2.24, 2.45) is 0 Å². The van der Waals surface area contributed by atoms with Crippen LogP contribution in [-0.4, -0.2) is 31.8 Å². The van der Waals surface area contributed by atoms with Crippen LogP contribution >= 0.6 is 35.6 Å². The van der Waals surface area contributed by atoms with E-state index in [1.165, 1.54) is 17.8 Å². The van der Waals surface area contributed by atoms with Crippen LogP contribution in [0.15, 0.2) is 60.7 Å². The number of carbonyl (C=O) groups excluding carboxylic acids is 2. The van der Waals surface area contributed by atoms with Crippen LogP contribution in [0.3, 0.4) is 0 Å². The molecular weight excluding hydrogens is 424 g/mol. The molecule has 2 amide bonds. The topological polar surface area (TPSA) is 49.4 Å². The Morgan fingerprint density at radius 3 is 2.52 bits per heavy atom. The molecule has 1 unspecified atom stereocenters. The van der Waals surface area contributed by atoms with Gasteiger partial charge in [-0.3, -0.25) is 14.5 Å². The third-order valence-electron chi connectivity index (χ3n) is 4.55. The highest BCUT2D eigenvalue weighted by atomic mass is 35.5. The highest BCUT2D eigenvalue weighted by Gasteiger charge is 2.46. The molecule has 0 aliphatic carbocycles. The zero-order valence-corrected chi connectivity index (χ0v) is 18.5. The first-order valence-corrected chi connectivity index (χ1v) is 10.7. The summed E-state index contributed by atoms with van der Waals surface area (Å²) in [6.45, 7) is 4.16. The number of hydrogen-bond acceptors (Lipinski definition) is 4. The summed E-state index contributed by atoms with van der Waals surface area (Å²) in [4.78, 5) is 27.2. The summed E-state index contributed by atoms with van der Waals surface area (Å²) >= 11 is 12.8. The van der Waals surface area contributed by atoms with Crippen molar-refractivity contribution in [2.45, 2.75) is 31.2 Å². The Morgan fingerprint density at radius 2 is 1.86 bits per heavy atom. The van der Waals surface area contributed by atoms with Gasteiger partial charge in [0.25, 0.3) is 5.91 Å². The molecule has 2 aromatic rings. The lowest BCUT2D eigenvalue weighted by Crippen LogP contribution is -2.61. The van der Waals surface area contributed by atoms with Crippen molar-refractivity contribution >= 4 is 57.8 Å². The first-order valence-electron chi connectivity index (χ1n) is 9.09. The molecule has 0 radical (unpaired) electrons. The third kappa shape index (κ3) is 5.47. The van der Waals surface area contributed by atoms with Gasteiger partial charge < -0.3 is 5.32 Å². The Bertz CT molecular complexity index is 943. The highest BCUT2D eigenvalue weighted by molar-refractivity contribution is 8.24. The van der Waals surface area contributed by atoms with E-state index in [4.69, 9.17) is 23.8 Å². The Balaban J connectivity index is 1.74. The largest absolute Gasteiger partial charge is 0.339 e. The molecule has 2 aromatic carbocycles. The van der Waals surface area contributed by atoms with Crippen LogP contribution in [0.4, 0.5) is 0 Å². The van der Waals surface area contributed by atoms with Gasteiger partial charge in [-0.05, 0) is 43.2 Å². The molecule has 3 rings (SSSR count). The number of hydrogen-bond donors (Lipinski definition) is 1. The van der Waals surface area contributed by atoms with Crippen LogP contribution < -0.4 is 5.32 Å². The van der Waals surface area contributed by atoms with Crippen molar-refractivity contribution in [1.82, 2.24) is 10.2 Å². The van der Waals surface area contributed by atoms with Gasteiger partial charge in [-0.25, -0.2) is 0 Å². The van der Waals surface area contributed by atoms with E-state index in [9.17, 15) is 9.59 Å². The lowest BCUT2D eigenvalue weighted by atomic mass is 10.0. The summed E-state index contributed by atoms with van der Waals surface area (Å²) in [7, 11) is 0. The number of carbonyl (C=O) groups is 2. The van der Waals surface area contributed by atoms with E-state index in [1.54, 1.807) is 23.1 Å². The number of thiocarbonyl (C=S) groups is 1. The minimum atomic E-state index is -0.695. The van der Waals surface area contributed by atoms with Crippen LogP contribution in [0.5, 0.6) is 0 Å². The fraction of sp³-hybridized carbons (Fsp3) is 0.227. The normalized spacial score (nSPS) is 18.9. The number of thioether (sulfide) groups is 1. The Morgan fingerprint density at radius 1 is 1.21 bits per heavy atom. The standard InChI is InChI=1S/C22H21ClN2O2S2/c1-22(2)19(24-18(26)13-10-15-6-4-3-5-7-15)20(27)25(21(28)29-22)14-16-8-11-17(23)12-9-16/h3-13,19H,14H2,1-2H3,(H,24,26). The lowest BCUT2D eigenvalue weighted by Gasteiger charge is -2.42. The number of nitrogens with zero attached hydrogens (tertiary/aromatic N) is 1. The number of rotatable bonds is 5. The van der Waals surface area contributed by atoms with Gasteiger partial charge in [0.05, 0.1) is 6.54 Å². The molecule has 1 N–H and O–H groups in total. The maximum absolute atomic E-state index is 13.2. The minimum absolute atomic E-state index is 0.213. The molecule has 0 bridgehead atoms. The fourth-order valence-corrected chi connectivity index (χ4v) is 4.88. The van der Waals surface area contributed by atoms with Crippen molar-refractivity contribution in [3.8, 4) is 0 Å². The van der Waals surface area contributed by atoms with Crippen molar-refractivity contribution in [3.63, 3.8) is 0 Å². The highest BCUT2D eigenvalue weighted by Crippen LogP contribution is 2.37. The zero-order valence-electron chi connectivity index (χ0n) is 16.1. The zero-order chi connectivity index (χ0) is 21.0. The summed E-state index contributed by atoms with van der Waals surface area (Å²) in [6, 6.07) is 16.1. The van der Waals surface area contributed by atoms with Crippen molar-refractivity contribution in [2.75, 3.05) is 0 Å². The molecule has 0 saturated carbocycles. The van der Waals surface area contributed by atoms with E-state index < -0.39 is 10.8 Å². The fourth-order valence-electron chi connectivity index (χ4n) is 2.96. The lowest BCUT2D eigenvalue weighted by molar-refractivity contribution is -0.133. The Labute approximate surface area is 185 Å². The summed E-state index contributed by atoms with van der Waals surface area (Å²) < 4.78 is -0.0544. The van der Waals surface area contributed by atoms with Gasteiger partial charge in [-0.15, -0.1) is 0 Å². The van der Waals surface area contributed by atoms with Gasteiger partial charge in [0.1, 0.15) is 10.4 Å². The molecule has 0 aromatic heterocycles. The van der Waals surface area contributed by atoms with Crippen LogP contribution in [0, 0.1) is 0 Å². The second kappa shape index (κ2) is 9.11. The predicted molar refractivity (Wildman–Crippen MR) is 124 cm³/mol. The first kappa shape index (κ1) is 21.6.